The summed E-state index contributed by atoms with van der Waals surface area (Å²) in [5.74, 6) is -0.436. The average Bonchev–Trinajstić information content (AvgIpc) is 2.93. The van der Waals surface area contributed by atoms with E-state index < -0.39 is 34.1 Å². The van der Waals surface area contributed by atoms with Crippen LogP contribution in [-0.2, 0) is 26.0 Å². The van der Waals surface area contributed by atoms with E-state index >= 15 is 0 Å². The van der Waals surface area contributed by atoms with Crippen molar-refractivity contribution in [1.29, 1.82) is 0 Å². The zero-order chi connectivity index (χ0) is 31.1. The Morgan fingerprint density at radius 1 is 0.881 bits per heavy atom. The second-order valence-electron chi connectivity index (χ2n) is 12.1. The van der Waals surface area contributed by atoms with Gasteiger partial charge in [-0.1, -0.05) is 80.9 Å². The first kappa shape index (κ1) is 32.9. The first-order valence-electron chi connectivity index (χ1n) is 14.6. The summed E-state index contributed by atoms with van der Waals surface area (Å²) in [5, 5.41) is 3.00. The SMILES string of the molecule is CC[C@@H](C(=O)NC(C)(C)C)N(CCc1ccccc1)C(=O)CN(c1ccc(C(C)C)cc1)S(=O)(=O)c1ccc(C)cc1. The van der Waals surface area contributed by atoms with Crippen LogP contribution in [0, 0.1) is 6.92 Å². The normalized spacial score (nSPS) is 12.6. The number of nitrogens with zero attached hydrogens (tertiary/aromatic N) is 2. The van der Waals surface area contributed by atoms with Crippen LogP contribution in [0.15, 0.2) is 83.8 Å². The molecule has 0 saturated heterocycles. The minimum Gasteiger partial charge on any atom is -0.350 e. The summed E-state index contributed by atoms with van der Waals surface area (Å²) in [5.41, 5.74) is 2.92. The number of benzene rings is 3. The van der Waals surface area contributed by atoms with Gasteiger partial charge in [-0.05, 0) is 81.8 Å². The number of hydrogen-bond donors (Lipinski definition) is 1. The van der Waals surface area contributed by atoms with Crippen LogP contribution in [0.25, 0.3) is 0 Å². The Bertz CT molecular complexity index is 1430. The molecule has 0 spiro atoms. The van der Waals surface area contributed by atoms with Gasteiger partial charge in [0.1, 0.15) is 12.6 Å². The number of rotatable bonds is 12. The Kier molecular flexibility index (Phi) is 11.0. The van der Waals surface area contributed by atoms with E-state index in [1.165, 1.54) is 4.90 Å². The van der Waals surface area contributed by atoms with E-state index in [0.29, 0.717) is 18.5 Å². The van der Waals surface area contributed by atoms with E-state index in [9.17, 15) is 18.0 Å². The van der Waals surface area contributed by atoms with Crippen molar-refractivity contribution in [2.45, 2.75) is 83.7 Å². The maximum absolute atomic E-state index is 14.2. The van der Waals surface area contributed by atoms with Gasteiger partial charge in [-0.3, -0.25) is 13.9 Å². The minimum absolute atomic E-state index is 0.0992. The Hall–Kier alpha value is -3.65. The molecule has 8 heteroatoms. The van der Waals surface area contributed by atoms with Crippen molar-refractivity contribution in [1.82, 2.24) is 10.2 Å². The highest BCUT2D eigenvalue weighted by atomic mass is 32.2. The van der Waals surface area contributed by atoms with E-state index in [-0.39, 0.29) is 23.3 Å². The van der Waals surface area contributed by atoms with Crippen LogP contribution < -0.4 is 9.62 Å². The molecule has 2 amide bonds. The molecule has 0 aromatic heterocycles. The molecule has 7 nitrogen and oxygen atoms in total. The number of sulfonamides is 1. The topological polar surface area (TPSA) is 86.8 Å². The zero-order valence-electron chi connectivity index (χ0n) is 25.9. The highest BCUT2D eigenvalue weighted by Gasteiger charge is 2.34. The summed E-state index contributed by atoms with van der Waals surface area (Å²) in [6.07, 6.45) is 0.913. The van der Waals surface area contributed by atoms with E-state index in [2.05, 4.69) is 19.2 Å². The summed E-state index contributed by atoms with van der Waals surface area (Å²) < 4.78 is 29.2. The molecular weight excluding hydrogens is 546 g/mol. The fraction of sp³-hybridized carbons (Fsp3) is 0.412. The van der Waals surface area contributed by atoms with Gasteiger partial charge in [-0.25, -0.2) is 8.42 Å². The molecule has 0 saturated carbocycles. The molecule has 3 aromatic carbocycles. The standard InChI is InChI=1S/C34H45N3O4S/c1-8-31(33(39)35-34(5,6)7)36(23-22-27-12-10-9-11-13-27)32(38)24-37(29-18-16-28(17-19-29)25(2)3)42(40,41)30-20-14-26(4)15-21-30/h9-21,25,31H,8,22-24H2,1-7H3,(H,35,39)/t31-/m0/s1. The predicted octanol–water partition coefficient (Wildman–Crippen LogP) is 6.08. The lowest BCUT2D eigenvalue weighted by atomic mass is 10.0. The fourth-order valence-corrected chi connectivity index (χ4v) is 6.15. The second kappa shape index (κ2) is 14.0. The van der Waals surface area contributed by atoms with Crippen LogP contribution in [-0.4, -0.2) is 49.8 Å². The maximum atomic E-state index is 14.2. The smallest absolute Gasteiger partial charge is 0.264 e. The van der Waals surface area contributed by atoms with Crippen LogP contribution in [0.5, 0.6) is 0 Å². The molecule has 0 unspecified atom stereocenters. The quantitative estimate of drug-likeness (QED) is 0.277. The van der Waals surface area contributed by atoms with Crippen LogP contribution in [0.2, 0.25) is 0 Å². The van der Waals surface area contributed by atoms with Gasteiger partial charge in [-0.2, -0.15) is 0 Å². The van der Waals surface area contributed by atoms with E-state index in [0.717, 1.165) is 21.0 Å². The second-order valence-corrected chi connectivity index (χ2v) is 13.9. The molecule has 0 radical (unpaired) electrons. The predicted molar refractivity (Wildman–Crippen MR) is 170 cm³/mol. The molecule has 0 heterocycles. The van der Waals surface area contributed by atoms with Crippen molar-refractivity contribution in [3.05, 3.63) is 95.6 Å². The summed E-state index contributed by atoms with van der Waals surface area (Å²) in [6, 6.07) is 22.8. The summed E-state index contributed by atoms with van der Waals surface area (Å²) in [4.78, 5) is 29.2. The Balaban J connectivity index is 2.04. The molecule has 3 rings (SSSR count). The van der Waals surface area contributed by atoms with Gasteiger partial charge in [0.25, 0.3) is 10.0 Å². The van der Waals surface area contributed by atoms with Gasteiger partial charge < -0.3 is 10.2 Å². The summed E-state index contributed by atoms with van der Waals surface area (Å²) >= 11 is 0. The molecule has 0 aliphatic heterocycles. The average molecular weight is 592 g/mol. The van der Waals surface area contributed by atoms with E-state index in [1.54, 1.807) is 36.4 Å². The van der Waals surface area contributed by atoms with Gasteiger partial charge in [0.2, 0.25) is 11.8 Å². The Morgan fingerprint density at radius 3 is 2.00 bits per heavy atom. The van der Waals surface area contributed by atoms with Crippen LogP contribution in [0.4, 0.5) is 5.69 Å². The van der Waals surface area contributed by atoms with Crippen molar-refractivity contribution >= 4 is 27.5 Å². The molecule has 226 valence electrons. The number of nitrogens with one attached hydrogen (secondary N) is 1. The molecule has 0 fully saturated rings. The Labute approximate surface area is 252 Å². The van der Waals surface area contributed by atoms with E-state index in [4.69, 9.17) is 0 Å². The first-order valence-corrected chi connectivity index (χ1v) is 16.0. The molecular formula is C34H45N3O4S. The largest absolute Gasteiger partial charge is 0.350 e. The van der Waals surface area contributed by atoms with Gasteiger partial charge in [0.05, 0.1) is 10.6 Å². The fourth-order valence-electron chi connectivity index (χ4n) is 4.74. The third kappa shape index (κ3) is 8.68. The highest BCUT2D eigenvalue weighted by molar-refractivity contribution is 7.92. The van der Waals surface area contributed by atoms with Crippen molar-refractivity contribution in [3.8, 4) is 0 Å². The summed E-state index contributed by atoms with van der Waals surface area (Å²) in [7, 11) is -4.10. The zero-order valence-corrected chi connectivity index (χ0v) is 26.7. The third-order valence-corrected chi connectivity index (χ3v) is 8.89. The lowest BCUT2D eigenvalue weighted by Gasteiger charge is -2.34. The van der Waals surface area contributed by atoms with Gasteiger partial charge in [-0.15, -0.1) is 0 Å². The van der Waals surface area contributed by atoms with Gasteiger partial charge in [0.15, 0.2) is 0 Å². The molecule has 0 aliphatic carbocycles. The first-order chi connectivity index (χ1) is 19.7. The number of aryl methyl sites for hydroxylation is 1. The molecule has 1 atom stereocenters. The number of carbonyl (C=O) groups is 2. The lowest BCUT2D eigenvalue weighted by molar-refractivity contribution is -0.140. The number of carbonyl (C=O) groups excluding carboxylic acids is 2. The molecule has 1 N–H and O–H groups in total. The van der Waals surface area contributed by atoms with Crippen molar-refractivity contribution in [2.75, 3.05) is 17.4 Å². The molecule has 0 bridgehead atoms. The van der Waals surface area contributed by atoms with Gasteiger partial charge >= 0.3 is 0 Å². The van der Waals surface area contributed by atoms with Crippen LogP contribution >= 0.6 is 0 Å². The molecule has 42 heavy (non-hydrogen) atoms. The van der Waals surface area contributed by atoms with Crippen molar-refractivity contribution in [2.24, 2.45) is 0 Å². The summed E-state index contributed by atoms with van der Waals surface area (Å²) in [6.45, 7) is 13.4. The molecule has 3 aromatic rings. The number of amides is 2. The number of hydrogen-bond acceptors (Lipinski definition) is 4. The lowest BCUT2D eigenvalue weighted by Crippen LogP contribution is -2.56. The van der Waals surface area contributed by atoms with Crippen molar-refractivity contribution in [3.63, 3.8) is 0 Å². The minimum atomic E-state index is -4.10. The maximum Gasteiger partial charge on any atom is 0.264 e. The van der Waals surface area contributed by atoms with Crippen molar-refractivity contribution < 1.29 is 18.0 Å². The molecule has 0 aliphatic rings. The third-order valence-electron chi connectivity index (χ3n) is 7.10. The monoisotopic (exact) mass is 591 g/mol. The van der Waals surface area contributed by atoms with Gasteiger partial charge in [0, 0.05) is 12.1 Å². The van der Waals surface area contributed by atoms with Crippen LogP contribution in [0.1, 0.15) is 70.6 Å². The Morgan fingerprint density at radius 2 is 1.48 bits per heavy atom. The van der Waals surface area contributed by atoms with E-state index in [1.807, 2.05) is 77.1 Å². The van der Waals surface area contributed by atoms with Crippen LogP contribution in [0.3, 0.4) is 0 Å². The highest BCUT2D eigenvalue weighted by Crippen LogP contribution is 2.27. The number of anilines is 1.